The lowest BCUT2D eigenvalue weighted by Gasteiger charge is -2.23. The summed E-state index contributed by atoms with van der Waals surface area (Å²) in [6.45, 7) is 1.68. The van der Waals surface area contributed by atoms with Gasteiger partial charge in [-0.25, -0.2) is 0 Å². The summed E-state index contributed by atoms with van der Waals surface area (Å²) in [5.41, 5.74) is 0.649. The summed E-state index contributed by atoms with van der Waals surface area (Å²) >= 11 is 0. The van der Waals surface area contributed by atoms with Gasteiger partial charge in [0.25, 0.3) is 11.6 Å². The number of rotatable bonds is 4. The van der Waals surface area contributed by atoms with Crippen LogP contribution in [0.4, 0.5) is 5.69 Å². The number of non-ortho nitro benzene ring substituents is 1. The Morgan fingerprint density at radius 1 is 1.22 bits per heavy atom. The summed E-state index contributed by atoms with van der Waals surface area (Å²) in [5.74, 6) is -1.98. The maximum atomic E-state index is 12.4. The Morgan fingerprint density at radius 3 is 2.57 bits per heavy atom. The third-order valence-corrected chi connectivity index (χ3v) is 4.18. The number of aryl methyl sites for hydroxylation is 1. The summed E-state index contributed by atoms with van der Waals surface area (Å²) in [5, 5.41) is 23.0. The molecule has 1 amide bonds. The first kappa shape index (κ1) is 16.9. The van der Waals surface area contributed by atoms with Crippen LogP contribution in [-0.4, -0.2) is 27.9 Å². The fourth-order valence-electron chi connectivity index (χ4n) is 3.03. The van der Waals surface area contributed by atoms with Crippen LogP contribution in [0.3, 0.4) is 0 Å². The number of carboxylic acid groups (broad SMARTS) is 1. The predicted molar refractivity (Wildman–Crippen MR) is 83.3 cm³/mol. The summed E-state index contributed by atoms with van der Waals surface area (Å²) in [6, 6.07) is 3.73. The van der Waals surface area contributed by atoms with Gasteiger partial charge in [0.15, 0.2) is 0 Å². The van der Waals surface area contributed by atoms with E-state index < -0.39 is 28.8 Å². The van der Waals surface area contributed by atoms with Gasteiger partial charge in [-0.05, 0) is 31.4 Å². The lowest BCUT2D eigenvalue weighted by Crippen LogP contribution is -2.42. The average molecular weight is 320 g/mol. The number of nitro benzene ring substituents is 1. The van der Waals surface area contributed by atoms with Gasteiger partial charge in [0.2, 0.25) is 0 Å². The van der Waals surface area contributed by atoms with Crippen molar-refractivity contribution in [3.8, 4) is 0 Å². The molecule has 0 heterocycles. The summed E-state index contributed by atoms with van der Waals surface area (Å²) in [7, 11) is 0. The molecule has 0 saturated heterocycles. The normalized spacial score (nSPS) is 21.3. The number of amides is 1. The predicted octanol–water partition coefficient (Wildman–Crippen LogP) is 2.67. The van der Waals surface area contributed by atoms with E-state index in [1.807, 2.05) is 0 Å². The van der Waals surface area contributed by atoms with Crippen molar-refractivity contribution in [2.45, 2.75) is 45.1 Å². The smallest absolute Gasteiger partial charge is 0.308 e. The Kier molecular flexibility index (Phi) is 5.31. The van der Waals surface area contributed by atoms with Crippen molar-refractivity contribution < 1.29 is 19.6 Å². The van der Waals surface area contributed by atoms with Crippen LogP contribution in [0.5, 0.6) is 0 Å². The molecule has 0 unspecified atom stereocenters. The number of carboxylic acids is 1. The van der Waals surface area contributed by atoms with Crippen molar-refractivity contribution in [1.82, 2.24) is 5.32 Å². The molecule has 7 nitrogen and oxygen atoms in total. The van der Waals surface area contributed by atoms with Crippen LogP contribution in [0.25, 0.3) is 0 Å². The molecule has 1 saturated carbocycles. The van der Waals surface area contributed by atoms with Gasteiger partial charge in [-0.15, -0.1) is 0 Å². The fraction of sp³-hybridized carbons (Fsp3) is 0.500. The summed E-state index contributed by atoms with van der Waals surface area (Å²) < 4.78 is 0. The van der Waals surface area contributed by atoms with Gasteiger partial charge in [0, 0.05) is 23.7 Å². The molecular weight excluding hydrogens is 300 g/mol. The van der Waals surface area contributed by atoms with E-state index in [9.17, 15) is 24.8 Å². The zero-order valence-corrected chi connectivity index (χ0v) is 12.9. The van der Waals surface area contributed by atoms with Crippen LogP contribution in [0.15, 0.2) is 18.2 Å². The van der Waals surface area contributed by atoms with E-state index in [0.717, 1.165) is 19.3 Å². The van der Waals surface area contributed by atoms with E-state index in [2.05, 4.69) is 5.32 Å². The first-order valence-electron chi connectivity index (χ1n) is 7.68. The minimum absolute atomic E-state index is 0.147. The van der Waals surface area contributed by atoms with E-state index >= 15 is 0 Å². The molecule has 7 heteroatoms. The molecule has 2 N–H and O–H groups in total. The van der Waals surface area contributed by atoms with Crippen molar-refractivity contribution >= 4 is 17.6 Å². The zero-order chi connectivity index (χ0) is 17.0. The highest BCUT2D eigenvalue weighted by atomic mass is 16.6. The molecule has 0 bridgehead atoms. The molecule has 0 aliphatic heterocycles. The summed E-state index contributed by atoms with van der Waals surface area (Å²) in [6.07, 6.45) is 3.79. The number of benzene rings is 1. The van der Waals surface area contributed by atoms with E-state index in [4.69, 9.17) is 0 Å². The van der Waals surface area contributed by atoms with Crippen LogP contribution in [0, 0.1) is 23.0 Å². The molecule has 0 spiro atoms. The van der Waals surface area contributed by atoms with Gasteiger partial charge < -0.3 is 10.4 Å². The topological polar surface area (TPSA) is 110 Å². The number of carbonyl (C=O) groups excluding carboxylic acids is 1. The molecule has 1 aromatic carbocycles. The van der Waals surface area contributed by atoms with E-state index in [1.54, 1.807) is 13.0 Å². The Morgan fingerprint density at radius 2 is 1.91 bits per heavy atom. The van der Waals surface area contributed by atoms with Crippen molar-refractivity contribution in [3.05, 3.63) is 39.4 Å². The van der Waals surface area contributed by atoms with Crippen LogP contribution < -0.4 is 5.32 Å². The van der Waals surface area contributed by atoms with Crippen LogP contribution in [0.2, 0.25) is 0 Å². The monoisotopic (exact) mass is 320 g/mol. The van der Waals surface area contributed by atoms with Crippen molar-refractivity contribution in [1.29, 1.82) is 0 Å². The maximum Gasteiger partial charge on any atom is 0.308 e. The van der Waals surface area contributed by atoms with Gasteiger partial charge in [-0.1, -0.05) is 19.3 Å². The highest BCUT2D eigenvalue weighted by molar-refractivity contribution is 5.95. The van der Waals surface area contributed by atoms with Crippen molar-refractivity contribution in [2.24, 2.45) is 5.92 Å². The molecule has 2 rings (SSSR count). The number of carbonyl (C=O) groups is 2. The van der Waals surface area contributed by atoms with Crippen LogP contribution in [-0.2, 0) is 4.79 Å². The maximum absolute atomic E-state index is 12.4. The number of aliphatic carboxylic acids is 1. The highest BCUT2D eigenvalue weighted by Crippen LogP contribution is 2.24. The second kappa shape index (κ2) is 7.21. The van der Waals surface area contributed by atoms with Crippen LogP contribution in [0.1, 0.15) is 48.0 Å². The van der Waals surface area contributed by atoms with E-state index in [1.165, 1.54) is 12.1 Å². The lowest BCUT2D eigenvalue weighted by atomic mass is 9.94. The fourth-order valence-corrected chi connectivity index (χ4v) is 3.03. The van der Waals surface area contributed by atoms with E-state index in [-0.39, 0.29) is 11.3 Å². The number of hydrogen-bond acceptors (Lipinski definition) is 4. The van der Waals surface area contributed by atoms with Gasteiger partial charge in [0.1, 0.15) is 0 Å². The molecule has 0 aromatic heterocycles. The standard InChI is InChI=1S/C16H20N2O5/c1-10-7-11(9-12(8-10)18(22)23)15(19)17-14-6-4-2-3-5-13(14)16(20)21/h7-9,13-14H,2-6H2,1H3,(H,17,19)(H,20,21)/t13-,14+/m1/s1. The largest absolute Gasteiger partial charge is 0.481 e. The molecule has 1 aliphatic carbocycles. The lowest BCUT2D eigenvalue weighted by molar-refractivity contribution is -0.384. The van der Waals surface area contributed by atoms with Gasteiger partial charge in [-0.2, -0.15) is 0 Å². The van der Waals surface area contributed by atoms with Gasteiger partial charge >= 0.3 is 5.97 Å². The quantitative estimate of drug-likeness (QED) is 0.503. The Labute approximate surface area is 133 Å². The number of nitrogens with one attached hydrogen (secondary N) is 1. The summed E-state index contributed by atoms with van der Waals surface area (Å²) in [4.78, 5) is 34.1. The third kappa shape index (κ3) is 4.28. The minimum atomic E-state index is -0.910. The average Bonchev–Trinajstić information content (AvgIpc) is 2.72. The Hall–Kier alpha value is -2.44. The first-order valence-corrected chi connectivity index (χ1v) is 7.68. The second-order valence-electron chi connectivity index (χ2n) is 5.98. The SMILES string of the molecule is Cc1cc(C(=O)N[C@H]2CCCCC[C@H]2C(=O)O)cc([N+](=O)[O-])c1. The van der Waals surface area contributed by atoms with Gasteiger partial charge in [0.05, 0.1) is 10.8 Å². The second-order valence-corrected chi connectivity index (χ2v) is 5.98. The number of hydrogen-bond donors (Lipinski definition) is 2. The number of nitro groups is 1. The van der Waals surface area contributed by atoms with Crippen LogP contribution >= 0.6 is 0 Å². The first-order chi connectivity index (χ1) is 10.9. The Bertz CT molecular complexity index is 629. The molecule has 2 atom stereocenters. The highest BCUT2D eigenvalue weighted by Gasteiger charge is 2.31. The third-order valence-electron chi connectivity index (χ3n) is 4.18. The molecule has 0 radical (unpaired) electrons. The molecule has 124 valence electrons. The molecule has 1 fully saturated rings. The van der Waals surface area contributed by atoms with Crippen molar-refractivity contribution in [2.75, 3.05) is 0 Å². The zero-order valence-electron chi connectivity index (χ0n) is 12.9. The minimum Gasteiger partial charge on any atom is -0.481 e. The van der Waals surface area contributed by atoms with Crippen molar-refractivity contribution in [3.63, 3.8) is 0 Å². The number of nitrogens with zero attached hydrogens (tertiary/aromatic N) is 1. The Balaban J connectivity index is 2.19. The van der Waals surface area contributed by atoms with Gasteiger partial charge in [-0.3, -0.25) is 19.7 Å². The molecule has 1 aromatic rings. The van der Waals surface area contributed by atoms with E-state index in [0.29, 0.717) is 18.4 Å². The molecule has 1 aliphatic rings. The molecule has 23 heavy (non-hydrogen) atoms. The molecular formula is C16H20N2O5.